The third-order valence-electron chi connectivity index (χ3n) is 3.19. The molecule has 108 valence electrons. The van der Waals surface area contributed by atoms with Gasteiger partial charge in [0, 0.05) is 0 Å². The third kappa shape index (κ3) is 12.3. The van der Waals surface area contributed by atoms with Crippen molar-refractivity contribution in [1.82, 2.24) is 0 Å². The summed E-state index contributed by atoms with van der Waals surface area (Å²) in [6, 6.07) is 0. The van der Waals surface area contributed by atoms with Crippen LogP contribution in [0.3, 0.4) is 0 Å². The van der Waals surface area contributed by atoms with Gasteiger partial charge in [0.25, 0.3) is 0 Å². The molecule has 5 heteroatoms. The SMILES string of the molecule is CCCCCCCCCCCC(C(=O)O)C(=O)O.[H-].[Li+]. The molecule has 0 aromatic rings. The number of carboxylic acid groups (broad SMARTS) is 2. The fourth-order valence-corrected chi connectivity index (χ4v) is 2.01. The van der Waals surface area contributed by atoms with Crippen molar-refractivity contribution in [1.29, 1.82) is 0 Å². The maximum absolute atomic E-state index is 10.6. The van der Waals surface area contributed by atoms with Crippen molar-refractivity contribution in [3.8, 4) is 0 Å². The molecule has 0 saturated heterocycles. The van der Waals surface area contributed by atoms with Crippen LogP contribution in [0.25, 0.3) is 0 Å². The van der Waals surface area contributed by atoms with Crippen molar-refractivity contribution in [2.75, 3.05) is 0 Å². The van der Waals surface area contributed by atoms with E-state index in [0.29, 0.717) is 6.42 Å². The normalized spacial score (nSPS) is 10.2. The fourth-order valence-electron chi connectivity index (χ4n) is 2.01. The summed E-state index contributed by atoms with van der Waals surface area (Å²) in [5.41, 5.74) is 0. The predicted octanol–water partition coefficient (Wildman–Crippen LogP) is 0.809. The zero-order valence-corrected chi connectivity index (χ0v) is 12.4. The number of aliphatic carboxylic acids is 2. The first-order valence-electron chi connectivity index (χ1n) is 7.05. The average molecular weight is 266 g/mol. The molecule has 0 aliphatic carbocycles. The molecule has 0 heterocycles. The summed E-state index contributed by atoms with van der Waals surface area (Å²) in [4.78, 5) is 21.3. The number of hydrogen-bond acceptors (Lipinski definition) is 2. The first kappa shape index (κ1) is 20.8. The Kier molecular flexibility index (Phi) is 15.3. The van der Waals surface area contributed by atoms with Gasteiger partial charge in [-0.15, -0.1) is 0 Å². The standard InChI is InChI=1S/C14H26O4.Li.H/c1-2-3-4-5-6-7-8-9-10-11-12(13(15)16)14(17)18;;/h12H,2-11H2,1H3,(H,15,16)(H,17,18);;/q;+1;-1. The van der Waals surface area contributed by atoms with Crippen LogP contribution in [0.2, 0.25) is 0 Å². The van der Waals surface area contributed by atoms with Gasteiger partial charge in [-0.25, -0.2) is 0 Å². The van der Waals surface area contributed by atoms with Crippen LogP contribution >= 0.6 is 0 Å². The van der Waals surface area contributed by atoms with E-state index in [0.717, 1.165) is 12.8 Å². The monoisotopic (exact) mass is 266 g/mol. The molecule has 0 aliphatic heterocycles. The summed E-state index contributed by atoms with van der Waals surface area (Å²) in [6.07, 6.45) is 10.5. The molecule has 2 N–H and O–H groups in total. The van der Waals surface area contributed by atoms with E-state index in [1.807, 2.05) is 0 Å². The van der Waals surface area contributed by atoms with Crippen molar-refractivity contribution in [2.24, 2.45) is 5.92 Å². The average Bonchev–Trinajstić information content (AvgIpc) is 2.30. The quantitative estimate of drug-likeness (QED) is 0.311. The maximum Gasteiger partial charge on any atom is 1.00 e. The minimum atomic E-state index is -1.23. The molecule has 4 nitrogen and oxygen atoms in total. The van der Waals surface area contributed by atoms with E-state index in [1.54, 1.807) is 0 Å². The Hall–Kier alpha value is -0.463. The first-order chi connectivity index (χ1) is 8.59. The van der Waals surface area contributed by atoms with Gasteiger partial charge in [0.2, 0.25) is 0 Å². The van der Waals surface area contributed by atoms with Crippen LogP contribution in [0.4, 0.5) is 0 Å². The third-order valence-corrected chi connectivity index (χ3v) is 3.19. The number of carbonyl (C=O) groups is 2. The molecule has 0 amide bonds. The second-order valence-electron chi connectivity index (χ2n) is 4.85. The molecule has 0 aliphatic rings. The molecule has 0 atom stereocenters. The van der Waals surface area contributed by atoms with Gasteiger partial charge in [-0.3, -0.25) is 9.59 Å². The molecule has 0 radical (unpaired) electrons. The van der Waals surface area contributed by atoms with Crippen molar-refractivity contribution >= 4 is 11.9 Å². The van der Waals surface area contributed by atoms with E-state index >= 15 is 0 Å². The Labute approximate surface area is 129 Å². The molecular formula is C14H27LiO4. The minimum absolute atomic E-state index is 0. The second kappa shape index (κ2) is 14.0. The molecule has 0 rings (SSSR count). The molecule has 19 heavy (non-hydrogen) atoms. The molecular weight excluding hydrogens is 239 g/mol. The smallest absolute Gasteiger partial charge is 1.00 e. The number of unbranched alkanes of at least 4 members (excludes halogenated alkanes) is 8. The summed E-state index contributed by atoms with van der Waals surface area (Å²) < 4.78 is 0. The summed E-state index contributed by atoms with van der Waals surface area (Å²) in [7, 11) is 0. The van der Waals surface area contributed by atoms with Gasteiger partial charge < -0.3 is 11.6 Å². The summed E-state index contributed by atoms with van der Waals surface area (Å²) >= 11 is 0. The maximum atomic E-state index is 10.6. The van der Waals surface area contributed by atoms with Gasteiger partial charge in [0.05, 0.1) is 0 Å². The van der Waals surface area contributed by atoms with Gasteiger partial charge in [0.15, 0.2) is 5.92 Å². The van der Waals surface area contributed by atoms with Crippen molar-refractivity contribution in [3.05, 3.63) is 0 Å². The fraction of sp³-hybridized carbons (Fsp3) is 0.857. The van der Waals surface area contributed by atoms with Gasteiger partial charge in [0.1, 0.15) is 0 Å². The van der Waals surface area contributed by atoms with Crippen molar-refractivity contribution in [3.63, 3.8) is 0 Å². The van der Waals surface area contributed by atoms with Crippen LogP contribution in [-0.4, -0.2) is 22.2 Å². The topological polar surface area (TPSA) is 74.6 Å². The van der Waals surface area contributed by atoms with E-state index < -0.39 is 17.9 Å². The molecule has 0 saturated carbocycles. The Morgan fingerprint density at radius 3 is 1.58 bits per heavy atom. The zero-order valence-electron chi connectivity index (χ0n) is 13.4. The molecule has 0 bridgehead atoms. The Bertz CT molecular complexity index is 235. The van der Waals surface area contributed by atoms with Crippen LogP contribution in [0.1, 0.15) is 72.6 Å². The zero-order chi connectivity index (χ0) is 13.8. The van der Waals surface area contributed by atoms with Crippen molar-refractivity contribution in [2.45, 2.75) is 71.1 Å². The van der Waals surface area contributed by atoms with Crippen molar-refractivity contribution < 1.29 is 40.1 Å². The van der Waals surface area contributed by atoms with Gasteiger partial charge in [-0.1, -0.05) is 64.7 Å². The Balaban J connectivity index is -0.00000144. The first-order valence-corrected chi connectivity index (χ1v) is 7.05. The van der Waals surface area contributed by atoms with E-state index in [4.69, 9.17) is 10.2 Å². The van der Waals surface area contributed by atoms with Crippen LogP contribution in [0, 0.1) is 5.92 Å². The van der Waals surface area contributed by atoms with Crippen LogP contribution in [0.5, 0.6) is 0 Å². The largest absolute Gasteiger partial charge is 1.00 e. The van der Waals surface area contributed by atoms with Crippen LogP contribution in [-0.2, 0) is 9.59 Å². The van der Waals surface area contributed by atoms with E-state index in [9.17, 15) is 9.59 Å². The number of rotatable bonds is 12. The molecule has 0 aromatic carbocycles. The summed E-state index contributed by atoms with van der Waals surface area (Å²) in [5.74, 6) is -3.67. The number of hydrogen-bond donors (Lipinski definition) is 2. The minimum Gasteiger partial charge on any atom is -1.00 e. The van der Waals surface area contributed by atoms with Gasteiger partial charge >= 0.3 is 30.8 Å². The molecule has 0 unspecified atom stereocenters. The van der Waals surface area contributed by atoms with Gasteiger partial charge in [-0.2, -0.15) is 0 Å². The van der Waals surface area contributed by atoms with E-state index in [2.05, 4.69) is 6.92 Å². The predicted molar refractivity (Wildman–Crippen MR) is 71.7 cm³/mol. The summed E-state index contributed by atoms with van der Waals surface area (Å²) in [5, 5.41) is 17.4. The van der Waals surface area contributed by atoms with Gasteiger partial charge in [-0.05, 0) is 6.42 Å². The Morgan fingerprint density at radius 2 is 1.21 bits per heavy atom. The van der Waals surface area contributed by atoms with E-state index in [-0.39, 0.29) is 26.7 Å². The van der Waals surface area contributed by atoms with E-state index in [1.165, 1.54) is 38.5 Å². The van der Waals surface area contributed by atoms with Crippen LogP contribution in [0.15, 0.2) is 0 Å². The molecule has 0 aromatic heterocycles. The number of carboxylic acids is 2. The Morgan fingerprint density at radius 1 is 0.842 bits per heavy atom. The van der Waals surface area contributed by atoms with Crippen LogP contribution < -0.4 is 18.9 Å². The second-order valence-corrected chi connectivity index (χ2v) is 4.85. The molecule has 0 fully saturated rings. The summed E-state index contributed by atoms with van der Waals surface area (Å²) in [6.45, 7) is 2.20. The molecule has 0 spiro atoms.